The summed E-state index contributed by atoms with van der Waals surface area (Å²) in [5, 5.41) is 33.7. The molecule has 3 N–H and O–H groups in total. The van der Waals surface area contributed by atoms with Gasteiger partial charge >= 0.3 is 5.97 Å². The predicted molar refractivity (Wildman–Crippen MR) is 96.0 cm³/mol. The quantitative estimate of drug-likeness (QED) is 0.490. The molecule has 2 bridgehead atoms. The Morgan fingerprint density at radius 2 is 1.85 bits per heavy atom. The molecule has 0 aliphatic heterocycles. The van der Waals surface area contributed by atoms with Crippen LogP contribution in [0.2, 0.25) is 0 Å². The third-order valence-electron chi connectivity index (χ3n) is 8.88. The van der Waals surface area contributed by atoms with E-state index in [4.69, 9.17) is 4.74 Å². The summed E-state index contributed by atoms with van der Waals surface area (Å²) >= 11 is 0. The van der Waals surface area contributed by atoms with Gasteiger partial charge in [0.15, 0.2) is 0 Å². The van der Waals surface area contributed by atoms with Gasteiger partial charge in [-0.15, -0.1) is 0 Å². The first-order chi connectivity index (χ1) is 12.1. The number of aliphatic hydroxyl groups is 3. The molecule has 1 spiro atoms. The third kappa shape index (κ3) is 1.90. The van der Waals surface area contributed by atoms with Gasteiger partial charge in [-0.1, -0.05) is 25.5 Å². The van der Waals surface area contributed by atoms with E-state index < -0.39 is 29.1 Å². The van der Waals surface area contributed by atoms with E-state index >= 15 is 0 Å². The van der Waals surface area contributed by atoms with Crippen molar-refractivity contribution >= 4 is 5.97 Å². The maximum atomic E-state index is 12.7. The van der Waals surface area contributed by atoms with Crippen LogP contribution >= 0.6 is 0 Å². The minimum Gasteiger partial charge on any atom is -0.469 e. The molecule has 4 aliphatic carbocycles. The molecule has 0 aromatic carbocycles. The fourth-order valence-corrected chi connectivity index (χ4v) is 7.96. The molecule has 4 saturated carbocycles. The van der Waals surface area contributed by atoms with Crippen molar-refractivity contribution in [2.75, 3.05) is 7.11 Å². The van der Waals surface area contributed by atoms with E-state index in [1.807, 2.05) is 6.92 Å². The monoisotopic (exact) mass is 364 g/mol. The lowest BCUT2D eigenvalue weighted by Crippen LogP contribution is -2.71. The molecule has 0 radical (unpaired) electrons. The van der Waals surface area contributed by atoms with Gasteiger partial charge < -0.3 is 20.1 Å². The minimum atomic E-state index is -1.06. The number of aliphatic hydroxyl groups excluding tert-OH is 3. The Bertz CT molecular complexity index is 646. The van der Waals surface area contributed by atoms with Crippen LogP contribution in [0.3, 0.4) is 0 Å². The fourth-order valence-electron chi connectivity index (χ4n) is 7.96. The summed E-state index contributed by atoms with van der Waals surface area (Å²) in [7, 11) is 1.39. The van der Waals surface area contributed by atoms with Crippen LogP contribution < -0.4 is 0 Å². The first-order valence-corrected chi connectivity index (χ1v) is 9.95. The van der Waals surface area contributed by atoms with Crippen LogP contribution in [0.1, 0.15) is 52.4 Å². The van der Waals surface area contributed by atoms with Crippen molar-refractivity contribution in [1.82, 2.24) is 0 Å². The predicted octanol–water partition coefficient (Wildman–Crippen LogP) is 2.04. The molecule has 4 fully saturated rings. The van der Waals surface area contributed by atoms with E-state index in [2.05, 4.69) is 13.5 Å². The van der Waals surface area contributed by atoms with E-state index in [0.29, 0.717) is 12.8 Å². The average molecular weight is 364 g/mol. The second kappa shape index (κ2) is 5.55. The number of fused-ring (bicyclic) bond motifs is 3. The Hall–Kier alpha value is -0.910. The van der Waals surface area contributed by atoms with Crippen LogP contribution in [0.4, 0.5) is 0 Å². The molecule has 26 heavy (non-hydrogen) atoms. The second-order valence-electron chi connectivity index (χ2n) is 9.81. The molecular weight excluding hydrogens is 332 g/mol. The smallest absolute Gasteiger partial charge is 0.311 e. The summed E-state index contributed by atoms with van der Waals surface area (Å²) < 4.78 is 5.11. The van der Waals surface area contributed by atoms with E-state index in [-0.39, 0.29) is 29.1 Å². The standard InChI is InChI=1S/C21H32O5/c1-11-10-21-13(7-6-12(11)16(21)23)19(2)8-5-9-20(3,18(25)26-4)15(19)14(22)17(21)24/h12-17,22-24H,1,5-10H2,2-4H3/t12-,13-,14-,15-,16?,17-,19-,20+,21+/m0/s1. The fraction of sp³-hybridized carbons (Fsp3) is 0.857. The van der Waals surface area contributed by atoms with Gasteiger partial charge in [0, 0.05) is 17.3 Å². The number of hydrogen-bond acceptors (Lipinski definition) is 5. The lowest BCUT2D eigenvalue weighted by molar-refractivity contribution is -0.276. The zero-order chi connectivity index (χ0) is 19.1. The maximum absolute atomic E-state index is 12.7. The van der Waals surface area contributed by atoms with Crippen LogP contribution in [0.15, 0.2) is 12.2 Å². The first kappa shape index (κ1) is 18.5. The van der Waals surface area contributed by atoms with Crippen molar-refractivity contribution in [2.45, 2.75) is 70.7 Å². The number of carbonyl (C=O) groups is 1. The van der Waals surface area contributed by atoms with Crippen molar-refractivity contribution in [2.24, 2.45) is 34.0 Å². The van der Waals surface area contributed by atoms with Gasteiger partial charge in [0.1, 0.15) is 0 Å². The highest BCUT2D eigenvalue weighted by atomic mass is 16.5. The summed E-state index contributed by atoms with van der Waals surface area (Å²) in [6.07, 6.45) is 1.99. The van der Waals surface area contributed by atoms with Crippen molar-refractivity contribution in [1.29, 1.82) is 0 Å². The highest BCUT2D eigenvalue weighted by Gasteiger charge is 2.73. The lowest BCUT2D eigenvalue weighted by Gasteiger charge is -2.67. The zero-order valence-electron chi connectivity index (χ0n) is 16.1. The van der Waals surface area contributed by atoms with Crippen molar-refractivity contribution < 1.29 is 24.9 Å². The number of carbonyl (C=O) groups excluding carboxylic acids is 1. The lowest BCUT2D eigenvalue weighted by atomic mass is 9.39. The van der Waals surface area contributed by atoms with Crippen LogP contribution in [0, 0.1) is 34.0 Å². The maximum Gasteiger partial charge on any atom is 0.311 e. The molecule has 0 aromatic heterocycles. The van der Waals surface area contributed by atoms with Gasteiger partial charge in [-0.3, -0.25) is 4.79 Å². The van der Waals surface area contributed by atoms with Crippen molar-refractivity contribution in [3.05, 3.63) is 12.2 Å². The average Bonchev–Trinajstić information content (AvgIpc) is 2.74. The summed E-state index contributed by atoms with van der Waals surface area (Å²) in [4.78, 5) is 12.7. The second-order valence-corrected chi connectivity index (χ2v) is 9.81. The molecule has 5 nitrogen and oxygen atoms in total. The molecule has 4 rings (SSSR count). The zero-order valence-corrected chi connectivity index (χ0v) is 16.1. The van der Waals surface area contributed by atoms with Gasteiger partial charge in [0.2, 0.25) is 0 Å². The largest absolute Gasteiger partial charge is 0.469 e. The molecule has 9 atom stereocenters. The van der Waals surface area contributed by atoms with Gasteiger partial charge in [0.25, 0.3) is 0 Å². The van der Waals surface area contributed by atoms with Crippen LogP contribution in [-0.2, 0) is 9.53 Å². The molecular formula is C21H32O5. The molecule has 0 saturated heterocycles. The van der Waals surface area contributed by atoms with Crippen LogP contribution in [0.25, 0.3) is 0 Å². The molecule has 5 heteroatoms. The van der Waals surface area contributed by atoms with E-state index in [1.165, 1.54) is 7.11 Å². The highest BCUT2D eigenvalue weighted by Crippen LogP contribution is 2.72. The van der Waals surface area contributed by atoms with Crippen LogP contribution in [0.5, 0.6) is 0 Å². The first-order valence-electron chi connectivity index (χ1n) is 9.95. The highest BCUT2D eigenvalue weighted by molar-refractivity contribution is 5.77. The van der Waals surface area contributed by atoms with E-state index in [1.54, 1.807) is 0 Å². The number of esters is 1. The summed E-state index contributed by atoms with van der Waals surface area (Å²) in [5.41, 5.74) is -0.879. The molecule has 0 aromatic rings. The van der Waals surface area contributed by atoms with Gasteiger partial charge in [0.05, 0.1) is 30.8 Å². The molecule has 0 amide bonds. The van der Waals surface area contributed by atoms with Gasteiger partial charge in [-0.05, 0) is 50.4 Å². The number of ether oxygens (including phenoxy) is 1. The third-order valence-corrected chi connectivity index (χ3v) is 8.88. The topological polar surface area (TPSA) is 87.0 Å². The Labute approximate surface area is 155 Å². The van der Waals surface area contributed by atoms with Crippen molar-refractivity contribution in [3.63, 3.8) is 0 Å². The minimum absolute atomic E-state index is 0.0174. The summed E-state index contributed by atoms with van der Waals surface area (Å²) in [5.74, 6) is -0.600. The Balaban J connectivity index is 1.86. The van der Waals surface area contributed by atoms with Crippen LogP contribution in [-0.4, -0.2) is 46.7 Å². The van der Waals surface area contributed by atoms with Gasteiger partial charge in [-0.25, -0.2) is 0 Å². The van der Waals surface area contributed by atoms with E-state index in [0.717, 1.165) is 31.3 Å². The Morgan fingerprint density at radius 1 is 1.15 bits per heavy atom. The van der Waals surface area contributed by atoms with Crippen molar-refractivity contribution in [3.8, 4) is 0 Å². The normalized spacial score (nSPS) is 55.8. The summed E-state index contributed by atoms with van der Waals surface area (Å²) in [6.45, 7) is 8.20. The number of hydrogen-bond donors (Lipinski definition) is 3. The Kier molecular flexibility index (Phi) is 3.94. The molecule has 146 valence electrons. The molecule has 4 aliphatic rings. The Morgan fingerprint density at radius 3 is 2.50 bits per heavy atom. The van der Waals surface area contributed by atoms with Gasteiger partial charge in [-0.2, -0.15) is 0 Å². The molecule has 1 unspecified atom stereocenters. The summed E-state index contributed by atoms with van der Waals surface area (Å²) in [6, 6.07) is 0. The number of methoxy groups -OCH3 is 1. The molecule has 0 heterocycles. The number of rotatable bonds is 1. The van der Waals surface area contributed by atoms with E-state index in [9.17, 15) is 20.1 Å². The SMILES string of the molecule is C=C1C[C@]23C(O)[C@H]1CC[C@H]2[C@]1(C)CCC[C@@](C)(C(=O)OC)[C@H]1[C@H](O)[C@@H]3O.